The smallest absolute Gasteiger partial charge is 0.226 e. The molecule has 2 aliphatic carbocycles. The number of ether oxygens (including phenoxy) is 1. The summed E-state index contributed by atoms with van der Waals surface area (Å²) >= 11 is 0. The van der Waals surface area contributed by atoms with E-state index < -0.39 is 0 Å². The van der Waals surface area contributed by atoms with E-state index in [1.807, 2.05) is 6.07 Å². The maximum atomic E-state index is 13.7. The number of hydrogen-bond acceptors (Lipinski definition) is 5. The second-order valence-corrected chi connectivity index (χ2v) is 10.7. The monoisotopic (exact) mass is 463 g/mol. The van der Waals surface area contributed by atoms with Gasteiger partial charge in [0.05, 0.1) is 12.1 Å². The van der Waals surface area contributed by atoms with Gasteiger partial charge in [-0.1, -0.05) is 30.7 Å². The molecule has 2 aliphatic heterocycles. The molecule has 2 aromatic rings. The molecule has 2 saturated carbocycles. The lowest BCUT2D eigenvalue weighted by molar-refractivity contribution is -0.137. The molecule has 1 aromatic heterocycles. The van der Waals surface area contributed by atoms with Crippen molar-refractivity contribution in [2.45, 2.75) is 68.9 Å². The summed E-state index contributed by atoms with van der Waals surface area (Å²) in [5.41, 5.74) is 2.26. The van der Waals surface area contributed by atoms with Gasteiger partial charge in [-0.15, -0.1) is 0 Å². The predicted octanol–water partition coefficient (Wildman–Crippen LogP) is 2.68. The summed E-state index contributed by atoms with van der Waals surface area (Å²) in [5, 5.41) is 10.2. The van der Waals surface area contributed by atoms with Crippen molar-refractivity contribution in [1.82, 2.24) is 25.4 Å². The van der Waals surface area contributed by atoms with Gasteiger partial charge in [-0.25, -0.2) is 4.98 Å². The number of aromatic nitrogens is 3. The molecule has 0 radical (unpaired) electrons. The van der Waals surface area contributed by atoms with Crippen LogP contribution >= 0.6 is 0 Å². The highest BCUT2D eigenvalue weighted by molar-refractivity contribution is 5.85. The van der Waals surface area contributed by atoms with Crippen molar-refractivity contribution >= 4 is 11.8 Å². The number of amides is 2. The van der Waals surface area contributed by atoms with Crippen molar-refractivity contribution in [1.29, 1.82) is 0 Å². The van der Waals surface area contributed by atoms with E-state index in [-0.39, 0.29) is 41.1 Å². The Kier molecular flexibility index (Phi) is 5.43. The molecule has 1 spiro atoms. The number of H-pyrrole nitrogens is 1. The Bertz CT molecular complexity index is 1060. The van der Waals surface area contributed by atoms with Gasteiger partial charge in [0.1, 0.15) is 12.2 Å². The van der Waals surface area contributed by atoms with E-state index in [2.05, 4.69) is 50.5 Å². The Morgan fingerprint density at radius 3 is 2.85 bits per heavy atom. The van der Waals surface area contributed by atoms with Gasteiger partial charge in [0.15, 0.2) is 0 Å². The van der Waals surface area contributed by atoms with Crippen LogP contribution in [-0.2, 0) is 14.3 Å². The number of nitrogens with zero attached hydrogens (tertiary/aromatic N) is 3. The standard InChI is InChI=1S/C26H33N5O3/c1-16-5-2-3-6-18(16)21-11-22(21)25(33)31-13-17(12-26(31)9-10-34-14-26)29-24(32)20-8-4-7-19(20)23-27-15-28-30-23/h2-3,5-6,15,17,19-22H,4,7-14H2,1H3,(H,29,32)(H,27,28,30)/t17?,19-,20+,21-,22+,26?/m0/s1. The van der Waals surface area contributed by atoms with Crippen molar-refractivity contribution in [3.05, 3.63) is 47.5 Å². The van der Waals surface area contributed by atoms with Gasteiger partial charge in [-0.3, -0.25) is 14.7 Å². The van der Waals surface area contributed by atoms with E-state index in [0.717, 1.165) is 44.3 Å². The van der Waals surface area contributed by atoms with E-state index in [1.54, 1.807) is 0 Å². The summed E-state index contributed by atoms with van der Waals surface area (Å²) < 4.78 is 5.79. The van der Waals surface area contributed by atoms with Crippen LogP contribution in [0, 0.1) is 18.8 Å². The minimum Gasteiger partial charge on any atom is -0.379 e. The molecule has 4 aliphatic rings. The second-order valence-electron chi connectivity index (χ2n) is 10.7. The van der Waals surface area contributed by atoms with Crippen LogP contribution in [0.2, 0.25) is 0 Å². The Hall–Kier alpha value is -2.74. The predicted molar refractivity (Wildman–Crippen MR) is 125 cm³/mol. The first-order valence-electron chi connectivity index (χ1n) is 12.7. The number of hydrogen-bond donors (Lipinski definition) is 2. The average Bonchev–Trinajstić information content (AvgIpc) is 3.34. The summed E-state index contributed by atoms with van der Waals surface area (Å²) in [7, 11) is 0. The molecule has 180 valence electrons. The van der Waals surface area contributed by atoms with Crippen LogP contribution in [0.15, 0.2) is 30.6 Å². The summed E-state index contributed by atoms with van der Waals surface area (Å²) in [4.78, 5) is 33.4. The van der Waals surface area contributed by atoms with Crippen molar-refractivity contribution in [3.63, 3.8) is 0 Å². The molecule has 1 aromatic carbocycles. The lowest BCUT2D eigenvalue weighted by Gasteiger charge is -2.33. The van der Waals surface area contributed by atoms with Crippen LogP contribution < -0.4 is 5.32 Å². The Labute approximate surface area is 199 Å². The van der Waals surface area contributed by atoms with Gasteiger partial charge < -0.3 is 15.0 Å². The van der Waals surface area contributed by atoms with E-state index >= 15 is 0 Å². The maximum Gasteiger partial charge on any atom is 0.226 e. The number of aromatic amines is 1. The fraction of sp³-hybridized carbons (Fsp3) is 0.615. The van der Waals surface area contributed by atoms with E-state index in [1.165, 1.54) is 17.5 Å². The minimum absolute atomic E-state index is 0.0372. The molecular formula is C26H33N5O3. The number of carbonyl (C=O) groups excluding carboxylic acids is 2. The molecule has 6 atom stereocenters. The van der Waals surface area contributed by atoms with E-state index in [4.69, 9.17) is 4.74 Å². The van der Waals surface area contributed by atoms with E-state index in [9.17, 15) is 9.59 Å². The number of rotatable bonds is 5. The van der Waals surface area contributed by atoms with Crippen LogP contribution in [0.3, 0.4) is 0 Å². The number of aryl methyl sites for hydroxylation is 1. The van der Waals surface area contributed by atoms with Gasteiger partial charge in [-0.05, 0) is 56.1 Å². The summed E-state index contributed by atoms with van der Waals surface area (Å²) in [5.74, 6) is 1.46. The average molecular weight is 464 g/mol. The molecular weight excluding hydrogens is 430 g/mol. The van der Waals surface area contributed by atoms with Gasteiger partial charge in [-0.2, -0.15) is 5.10 Å². The zero-order valence-electron chi connectivity index (χ0n) is 19.7. The molecule has 4 fully saturated rings. The molecule has 34 heavy (non-hydrogen) atoms. The van der Waals surface area contributed by atoms with Gasteiger partial charge in [0.25, 0.3) is 0 Å². The third kappa shape index (κ3) is 3.72. The highest BCUT2D eigenvalue weighted by atomic mass is 16.5. The number of benzene rings is 1. The molecule has 0 bridgehead atoms. The molecule has 8 nitrogen and oxygen atoms in total. The summed E-state index contributed by atoms with van der Waals surface area (Å²) in [6.45, 7) is 3.94. The van der Waals surface area contributed by atoms with Crippen LogP contribution in [0.4, 0.5) is 0 Å². The molecule has 2 amide bonds. The van der Waals surface area contributed by atoms with Crippen molar-refractivity contribution in [3.8, 4) is 0 Å². The lowest BCUT2D eigenvalue weighted by atomic mass is 9.92. The van der Waals surface area contributed by atoms with Gasteiger partial charge >= 0.3 is 0 Å². The fourth-order valence-corrected chi connectivity index (χ4v) is 6.76. The van der Waals surface area contributed by atoms with Crippen molar-refractivity contribution in [2.24, 2.45) is 11.8 Å². The van der Waals surface area contributed by atoms with Crippen LogP contribution in [-0.4, -0.2) is 63.2 Å². The Balaban J connectivity index is 1.15. The zero-order chi connectivity index (χ0) is 23.3. The Morgan fingerprint density at radius 2 is 2.09 bits per heavy atom. The maximum absolute atomic E-state index is 13.7. The van der Waals surface area contributed by atoms with Crippen molar-refractivity contribution in [2.75, 3.05) is 19.8 Å². The lowest BCUT2D eigenvalue weighted by Crippen LogP contribution is -2.48. The fourth-order valence-electron chi connectivity index (χ4n) is 6.76. The molecule has 8 heteroatoms. The molecule has 2 saturated heterocycles. The summed E-state index contributed by atoms with van der Waals surface area (Å²) in [6, 6.07) is 8.35. The number of carbonyl (C=O) groups is 2. The minimum atomic E-state index is -0.284. The van der Waals surface area contributed by atoms with Gasteiger partial charge in [0, 0.05) is 36.9 Å². The quantitative estimate of drug-likeness (QED) is 0.710. The van der Waals surface area contributed by atoms with Crippen LogP contribution in [0.25, 0.3) is 0 Å². The van der Waals surface area contributed by atoms with Crippen LogP contribution in [0.1, 0.15) is 67.3 Å². The zero-order valence-corrected chi connectivity index (χ0v) is 19.7. The normalized spacial score (nSPS) is 34.6. The molecule has 2 N–H and O–H groups in total. The second kappa shape index (κ2) is 8.48. The Morgan fingerprint density at radius 1 is 1.21 bits per heavy atom. The highest BCUT2D eigenvalue weighted by Crippen LogP contribution is 2.51. The van der Waals surface area contributed by atoms with E-state index in [0.29, 0.717) is 25.7 Å². The third-order valence-corrected chi connectivity index (χ3v) is 8.63. The van der Waals surface area contributed by atoms with Gasteiger partial charge in [0.2, 0.25) is 11.8 Å². The first kappa shape index (κ1) is 21.8. The summed E-state index contributed by atoms with van der Waals surface area (Å²) in [6.07, 6.45) is 6.86. The highest BCUT2D eigenvalue weighted by Gasteiger charge is 2.56. The van der Waals surface area contributed by atoms with Crippen molar-refractivity contribution < 1.29 is 14.3 Å². The topological polar surface area (TPSA) is 100 Å². The first-order valence-corrected chi connectivity index (χ1v) is 12.7. The molecule has 6 rings (SSSR count). The third-order valence-electron chi connectivity index (χ3n) is 8.63. The first-order chi connectivity index (χ1) is 16.6. The number of likely N-dealkylation sites (tertiary alicyclic amines) is 1. The largest absolute Gasteiger partial charge is 0.379 e. The number of nitrogens with one attached hydrogen (secondary N) is 2. The molecule has 2 unspecified atom stereocenters. The van der Waals surface area contributed by atoms with Crippen LogP contribution in [0.5, 0.6) is 0 Å². The molecule has 3 heterocycles. The SMILES string of the molecule is Cc1ccccc1[C@@H]1C[C@H]1C(=O)N1CC(NC(=O)[C@@H]2CCC[C@@H]2c2ncn[nH]2)CC12CCOC2.